The van der Waals surface area contributed by atoms with Crippen LogP contribution in [-0.2, 0) is 0 Å². The summed E-state index contributed by atoms with van der Waals surface area (Å²) in [5, 5.41) is 22.9. The molecule has 0 aliphatic carbocycles. The van der Waals surface area contributed by atoms with Crippen molar-refractivity contribution in [1.82, 2.24) is 0 Å². The number of hydrogen-bond donors (Lipinski definition) is 3. The SMILES string of the molecule is NSc1ccc(O)c(O)c1. The van der Waals surface area contributed by atoms with Crippen molar-refractivity contribution in [1.29, 1.82) is 0 Å². The molecular weight excluding hydrogens is 150 g/mol. The summed E-state index contributed by atoms with van der Waals surface area (Å²) in [7, 11) is 0. The van der Waals surface area contributed by atoms with Crippen LogP contribution in [0.4, 0.5) is 0 Å². The molecule has 0 aliphatic rings. The zero-order valence-electron chi connectivity index (χ0n) is 5.11. The van der Waals surface area contributed by atoms with E-state index in [1.807, 2.05) is 0 Å². The average molecular weight is 157 g/mol. The van der Waals surface area contributed by atoms with E-state index in [-0.39, 0.29) is 11.5 Å². The highest BCUT2D eigenvalue weighted by Crippen LogP contribution is 2.27. The van der Waals surface area contributed by atoms with Crippen LogP contribution in [0.3, 0.4) is 0 Å². The second kappa shape index (κ2) is 2.81. The van der Waals surface area contributed by atoms with Gasteiger partial charge in [0.15, 0.2) is 11.5 Å². The molecule has 1 aromatic rings. The molecule has 0 spiro atoms. The third-order valence-corrected chi connectivity index (χ3v) is 1.61. The minimum absolute atomic E-state index is 0.127. The standard InChI is InChI=1S/C6H7NO2S/c7-10-4-1-2-5(8)6(9)3-4/h1-3,8-9H,7H2. The summed E-state index contributed by atoms with van der Waals surface area (Å²) in [5.41, 5.74) is 0. The van der Waals surface area contributed by atoms with E-state index >= 15 is 0 Å². The molecule has 0 amide bonds. The third kappa shape index (κ3) is 1.34. The summed E-state index contributed by atoms with van der Waals surface area (Å²) in [6.45, 7) is 0. The van der Waals surface area contributed by atoms with Gasteiger partial charge in [-0.05, 0) is 30.1 Å². The van der Waals surface area contributed by atoms with Crippen molar-refractivity contribution in [2.45, 2.75) is 4.90 Å². The second-order valence-corrected chi connectivity index (χ2v) is 2.48. The van der Waals surface area contributed by atoms with Crippen LogP contribution in [0.5, 0.6) is 11.5 Å². The fourth-order valence-corrected chi connectivity index (χ4v) is 0.903. The van der Waals surface area contributed by atoms with Crippen molar-refractivity contribution in [3.63, 3.8) is 0 Å². The molecule has 3 nitrogen and oxygen atoms in total. The second-order valence-electron chi connectivity index (χ2n) is 1.77. The molecule has 0 heterocycles. The first-order chi connectivity index (χ1) is 4.74. The molecule has 0 bridgehead atoms. The zero-order valence-corrected chi connectivity index (χ0v) is 5.93. The lowest BCUT2D eigenvalue weighted by Crippen LogP contribution is -1.78. The number of rotatable bonds is 1. The summed E-state index contributed by atoms with van der Waals surface area (Å²) in [4.78, 5) is 0.718. The number of aromatic hydroxyl groups is 2. The number of phenols is 2. The molecule has 0 fully saturated rings. The van der Waals surface area contributed by atoms with Gasteiger partial charge in [0.05, 0.1) is 0 Å². The quantitative estimate of drug-likeness (QED) is 0.421. The summed E-state index contributed by atoms with van der Waals surface area (Å²) < 4.78 is 0. The Morgan fingerprint density at radius 2 is 1.90 bits per heavy atom. The van der Waals surface area contributed by atoms with E-state index in [4.69, 9.17) is 15.4 Å². The normalized spacial score (nSPS) is 9.70. The Kier molecular flexibility index (Phi) is 2.03. The topological polar surface area (TPSA) is 66.5 Å². The Hall–Kier alpha value is -0.870. The molecule has 0 radical (unpaired) electrons. The monoisotopic (exact) mass is 157 g/mol. The van der Waals surface area contributed by atoms with E-state index in [2.05, 4.69) is 0 Å². The highest BCUT2D eigenvalue weighted by molar-refractivity contribution is 7.97. The number of benzene rings is 1. The van der Waals surface area contributed by atoms with E-state index in [1.165, 1.54) is 12.1 Å². The zero-order chi connectivity index (χ0) is 7.56. The maximum absolute atomic E-state index is 8.91. The van der Waals surface area contributed by atoms with E-state index < -0.39 is 0 Å². The predicted octanol–water partition coefficient (Wildman–Crippen LogP) is 1.06. The molecule has 0 saturated carbocycles. The van der Waals surface area contributed by atoms with Gasteiger partial charge in [-0.15, -0.1) is 0 Å². The van der Waals surface area contributed by atoms with Crippen LogP contribution in [-0.4, -0.2) is 10.2 Å². The van der Waals surface area contributed by atoms with E-state index in [9.17, 15) is 0 Å². The highest BCUT2D eigenvalue weighted by Gasteiger charge is 1.98. The summed E-state index contributed by atoms with van der Waals surface area (Å²) in [6, 6.07) is 4.42. The van der Waals surface area contributed by atoms with Crippen molar-refractivity contribution >= 4 is 11.9 Å². The van der Waals surface area contributed by atoms with Gasteiger partial charge in [0.1, 0.15) is 0 Å². The van der Waals surface area contributed by atoms with Gasteiger partial charge < -0.3 is 10.2 Å². The number of hydrogen-bond acceptors (Lipinski definition) is 4. The fraction of sp³-hybridized carbons (Fsp3) is 0. The first-order valence-electron chi connectivity index (χ1n) is 2.63. The van der Waals surface area contributed by atoms with Gasteiger partial charge in [0.25, 0.3) is 0 Å². The predicted molar refractivity (Wildman–Crippen MR) is 39.8 cm³/mol. The largest absolute Gasteiger partial charge is 0.504 e. The van der Waals surface area contributed by atoms with E-state index in [1.54, 1.807) is 6.07 Å². The van der Waals surface area contributed by atoms with Crippen LogP contribution >= 0.6 is 11.9 Å². The Morgan fingerprint density at radius 1 is 1.20 bits per heavy atom. The first kappa shape index (κ1) is 7.24. The van der Waals surface area contributed by atoms with Crippen LogP contribution in [0, 0.1) is 0 Å². The van der Waals surface area contributed by atoms with Crippen LogP contribution < -0.4 is 5.14 Å². The minimum Gasteiger partial charge on any atom is -0.504 e. The third-order valence-electron chi connectivity index (χ3n) is 1.08. The maximum Gasteiger partial charge on any atom is 0.158 e. The molecule has 1 rings (SSSR count). The first-order valence-corrected chi connectivity index (χ1v) is 3.50. The van der Waals surface area contributed by atoms with Gasteiger partial charge >= 0.3 is 0 Å². The summed E-state index contributed by atoms with van der Waals surface area (Å²) in [6.07, 6.45) is 0. The Bertz CT molecular complexity index is 239. The molecule has 4 heteroatoms. The molecular formula is C6H7NO2S. The Balaban J connectivity index is 3.04. The molecule has 10 heavy (non-hydrogen) atoms. The smallest absolute Gasteiger partial charge is 0.158 e. The fourth-order valence-electron chi connectivity index (χ4n) is 0.577. The molecule has 0 unspecified atom stereocenters. The maximum atomic E-state index is 8.91. The number of phenolic OH excluding ortho intramolecular Hbond substituents is 2. The van der Waals surface area contributed by atoms with Crippen molar-refractivity contribution in [3.8, 4) is 11.5 Å². The summed E-state index contributed by atoms with van der Waals surface area (Å²) >= 11 is 1.02. The average Bonchev–Trinajstić information content (AvgIpc) is 1.95. The molecule has 0 aliphatic heterocycles. The Labute approximate surface area is 62.6 Å². The van der Waals surface area contributed by atoms with Crippen LogP contribution in [0.1, 0.15) is 0 Å². The van der Waals surface area contributed by atoms with Gasteiger partial charge in [-0.3, -0.25) is 5.14 Å². The minimum atomic E-state index is -0.143. The lowest BCUT2D eigenvalue weighted by Gasteiger charge is -1.97. The van der Waals surface area contributed by atoms with E-state index in [0.29, 0.717) is 0 Å². The van der Waals surface area contributed by atoms with E-state index in [0.717, 1.165) is 16.8 Å². The van der Waals surface area contributed by atoms with Crippen LogP contribution in [0.2, 0.25) is 0 Å². The van der Waals surface area contributed by atoms with Gasteiger partial charge in [-0.1, -0.05) is 0 Å². The van der Waals surface area contributed by atoms with Crippen LogP contribution in [0.15, 0.2) is 23.1 Å². The van der Waals surface area contributed by atoms with Gasteiger partial charge in [0, 0.05) is 4.90 Å². The molecule has 0 saturated heterocycles. The molecule has 54 valence electrons. The molecule has 0 atom stereocenters. The van der Waals surface area contributed by atoms with Crippen molar-refractivity contribution < 1.29 is 10.2 Å². The van der Waals surface area contributed by atoms with Crippen molar-refractivity contribution in [2.75, 3.05) is 0 Å². The molecule has 0 aromatic heterocycles. The highest BCUT2D eigenvalue weighted by atomic mass is 32.2. The van der Waals surface area contributed by atoms with Gasteiger partial charge in [-0.2, -0.15) is 0 Å². The molecule has 1 aromatic carbocycles. The molecule has 4 N–H and O–H groups in total. The van der Waals surface area contributed by atoms with Crippen molar-refractivity contribution in [3.05, 3.63) is 18.2 Å². The summed E-state index contributed by atoms with van der Waals surface area (Å²) in [5.74, 6) is -0.270. The van der Waals surface area contributed by atoms with Crippen molar-refractivity contribution in [2.24, 2.45) is 5.14 Å². The Morgan fingerprint density at radius 3 is 2.40 bits per heavy atom. The number of nitrogens with two attached hydrogens (primary N) is 1. The lowest BCUT2D eigenvalue weighted by molar-refractivity contribution is 0.402. The van der Waals surface area contributed by atoms with Gasteiger partial charge in [0.2, 0.25) is 0 Å². The van der Waals surface area contributed by atoms with Crippen LogP contribution in [0.25, 0.3) is 0 Å². The lowest BCUT2D eigenvalue weighted by atomic mass is 10.3. The van der Waals surface area contributed by atoms with Gasteiger partial charge in [-0.25, -0.2) is 0 Å².